The standard InChI is InChI=1S/C22H33N3O2.ClH/c1-14(2)9-20(26)25-19-8-3-5-15(10-19)13-24-22(27)18-11-16-6-4-7-17(12-18)21(16)23;/h3,5,8,10,14,16-18,21H,4,6-7,9,11-13,23H2,1-2H3,(H,24,27)(H,25,26);1H. The van der Waals surface area contributed by atoms with Crippen molar-refractivity contribution in [3.05, 3.63) is 29.8 Å². The summed E-state index contributed by atoms with van der Waals surface area (Å²) in [5.41, 5.74) is 8.11. The lowest BCUT2D eigenvalue weighted by molar-refractivity contribution is -0.128. The van der Waals surface area contributed by atoms with Crippen LogP contribution < -0.4 is 16.4 Å². The highest BCUT2D eigenvalue weighted by atomic mass is 35.5. The molecule has 0 radical (unpaired) electrons. The molecule has 0 saturated heterocycles. The van der Waals surface area contributed by atoms with E-state index in [0.717, 1.165) is 24.1 Å². The Morgan fingerprint density at radius 1 is 1.18 bits per heavy atom. The van der Waals surface area contributed by atoms with Gasteiger partial charge in [-0.05, 0) is 61.1 Å². The molecule has 2 unspecified atom stereocenters. The van der Waals surface area contributed by atoms with E-state index in [9.17, 15) is 9.59 Å². The Balaban J connectivity index is 0.00000280. The highest BCUT2D eigenvalue weighted by molar-refractivity contribution is 5.90. The van der Waals surface area contributed by atoms with Crippen molar-refractivity contribution in [1.82, 2.24) is 5.32 Å². The summed E-state index contributed by atoms with van der Waals surface area (Å²) >= 11 is 0. The number of halogens is 1. The molecule has 2 saturated carbocycles. The number of carbonyl (C=O) groups is 2. The highest BCUT2D eigenvalue weighted by Crippen LogP contribution is 2.41. The van der Waals surface area contributed by atoms with Gasteiger partial charge in [-0.15, -0.1) is 12.4 Å². The number of amides is 2. The number of nitrogens with two attached hydrogens (primary N) is 1. The average molecular weight is 408 g/mol. The molecule has 0 aliphatic heterocycles. The van der Waals surface area contributed by atoms with Gasteiger partial charge in [-0.25, -0.2) is 0 Å². The summed E-state index contributed by atoms with van der Waals surface area (Å²) in [6, 6.07) is 7.99. The first-order chi connectivity index (χ1) is 12.9. The first-order valence-electron chi connectivity index (χ1n) is 10.3. The maximum atomic E-state index is 12.7. The lowest BCUT2D eigenvalue weighted by Gasteiger charge is -2.43. The number of hydrogen-bond donors (Lipinski definition) is 3. The van der Waals surface area contributed by atoms with Crippen LogP contribution in [0.2, 0.25) is 0 Å². The fraction of sp³-hybridized carbons (Fsp3) is 0.636. The number of rotatable bonds is 6. The molecule has 4 N–H and O–H groups in total. The van der Waals surface area contributed by atoms with Gasteiger partial charge in [0.25, 0.3) is 0 Å². The summed E-state index contributed by atoms with van der Waals surface area (Å²) in [6.07, 6.45) is 5.95. The van der Waals surface area contributed by atoms with Gasteiger partial charge in [-0.1, -0.05) is 32.4 Å². The van der Waals surface area contributed by atoms with Crippen molar-refractivity contribution in [3.8, 4) is 0 Å². The van der Waals surface area contributed by atoms with Crippen LogP contribution >= 0.6 is 12.4 Å². The number of fused-ring (bicyclic) bond motifs is 2. The van der Waals surface area contributed by atoms with Crippen molar-refractivity contribution in [3.63, 3.8) is 0 Å². The molecule has 2 aliphatic carbocycles. The second kappa shape index (κ2) is 10.3. The summed E-state index contributed by atoms with van der Waals surface area (Å²) in [4.78, 5) is 24.6. The largest absolute Gasteiger partial charge is 0.352 e. The van der Waals surface area contributed by atoms with Gasteiger partial charge in [0.05, 0.1) is 0 Å². The van der Waals surface area contributed by atoms with Gasteiger partial charge < -0.3 is 16.4 Å². The van der Waals surface area contributed by atoms with Crippen molar-refractivity contribution < 1.29 is 9.59 Å². The molecule has 1 aromatic carbocycles. The van der Waals surface area contributed by atoms with Crippen LogP contribution in [-0.4, -0.2) is 17.9 Å². The quantitative estimate of drug-likeness (QED) is 0.669. The van der Waals surface area contributed by atoms with Gasteiger partial charge >= 0.3 is 0 Å². The summed E-state index contributed by atoms with van der Waals surface area (Å²) in [7, 11) is 0. The van der Waals surface area contributed by atoms with E-state index in [0.29, 0.717) is 30.7 Å². The third kappa shape index (κ3) is 5.95. The second-order valence-corrected chi connectivity index (χ2v) is 8.76. The Morgan fingerprint density at radius 2 is 1.86 bits per heavy atom. The van der Waals surface area contributed by atoms with Gasteiger partial charge in [-0.2, -0.15) is 0 Å². The van der Waals surface area contributed by atoms with Crippen molar-refractivity contribution in [2.24, 2.45) is 29.4 Å². The Morgan fingerprint density at radius 3 is 2.50 bits per heavy atom. The van der Waals surface area contributed by atoms with Crippen molar-refractivity contribution in [2.45, 2.75) is 65.0 Å². The summed E-state index contributed by atoms with van der Waals surface area (Å²) in [5.74, 6) is 1.61. The molecule has 2 aliphatic rings. The number of hydrogen-bond acceptors (Lipinski definition) is 3. The van der Waals surface area contributed by atoms with Crippen molar-refractivity contribution >= 4 is 29.9 Å². The lowest BCUT2D eigenvalue weighted by atomic mass is 9.65. The summed E-state index contributed by atoms with van der Waals surface area (Å²) in [5, 5.41) is 6.02. The Bertz CT molecular complexity index is 666. The first kappa shape index (κ1) is 22.7. The fourth-order valence-corrected chi connectivity index (χ4v) is 4.68. The topological polar surface area (TPSA) is 84.2 Å². The van der Waals surface area contributed by atoms with Crippen LogP contribution in [0.1, 0.15) is 57.9 Å². The molecule has 2 bridgehead atoms. The lowest BCUT2D eigenvalue weighted by Crippen LogP contribution is -2.49. The predicted molar refractivity (Wildman–Crippen MR) is 115 cm³/mol. The maximum Gasteiger partial charge on any atom is 0.224 e. The van der Waals surface area contributed by atoms with E-state index in [2.05, 4.69) is 10.6 Å². The molecule has 0 heterocycles. The minimum Gasteiger partial charge on any atom is -0.352 e. The molecule has 0 spiro atoms. The Labute approximate surface area is 174 Å². The predicted octanol–water partition coefficient (Wildman–Crippen LogP) is 3.86. The molecule has 0 aromatic heterocycles. The fourth-order valence-electron chi connectivity index (χ4n) is 4.68. The second-order valence-electron chi connectivity index (χ2n) is 8.76. The van der Waals surface area contributed by atoms with Crippen LogP contribution in [-0.2, 0) is 16.1 Å². The normalized spacial score (nSPS) is 26.3. The van der Waals surface area contributed by atoms with Crippen molar-refractivity contribution in [2.75, 3.05) is 5.32 Å². The molecular weight excluding hydrogens is 374 g/mol. The van der Waals surface area contributed by atoms with E-state index in [-0.39, 0.29) is 36.2 Å². The smallest absolute Gasteiger partial charge is 0.224 e. The van der Waals surface area contributed by atoms with Crippen LogP contribution in [0.15, 0.2) is 24.3 Å². The zero-order valence-corrected chi connectivity index (χ0v) is 17.8. The molecule has 2 atom stereocenters. The minimum atomic E-state index is 0. The third-order valence-electron chi connectivity index (χ3n) is 6.05. The number of carbonyl (C=O) groups excluding carboxylic acids is 2. The van der Waals surface area contributed by atoms with Gasteiger partial charge in [0, 0.05) is 30.6 Å². The van der Waals surface area contributed by atoms with E-state index in [4.69, 9.17) is 5.73 Å². The van der Waals surface area contributed by atoms with Gasteiger partial charge in [-0.3, -0.25) is 9.59 Å². The first-order valence-corrected chi connectivity index (χ1v) is 10.3. The van der Waals surface area contributed by atoms with Gasteiger partial charge in [0.2, 0.25) is 11.8 Å². The number of anilines is 1. The van der Waals surface area contributed by atoms with E-state index in [1.165, 1.54) is 19.3 Å². The average Bonchev–Trinajstić information content (AvgIpc) is 2.59. The molecule has 5 nitrogen and oxygen atoms in total. The Hall–Kier alpha value is -1.59. The highest BCUT2D eigenvalue weighted by Gasteiger charge is 2.40. The summed E-state index contributed by atoms with van der Waals surface area (Å²) < 4.78 is 0. The molecule has 28 heavy (non-hydrogen) atoms. The monoisotopic (exact) mass is 407 g/mol. The Kier molecular flexibility index (Phi) is 8.32. The summed E-state index contributed by atoms with van der Waals surface area (Å²) in [6.45, 7) is 4.54. The molecule has 2 amide bonds. The third-order valence-corrected chi connectivity index (χ3v) is 6.05. The van der Waals surface area contributed by atoms with Crippen LogP contribution in [0, 0.1) is 23.7 Å². The van der Waals surface area contributed by atoms with Crippen LogP contribution in [0.3, 0.4) is 0 Å². The van der Waals surface area contributed by atoms with Crippen LogP contribution in [0.25, 0.3) is 0 Å². The minimum absolute atomic E-state index is 0. The molecule has 2 fully saturated rings. The molecular formula is C22H34ClN3O2. The van der Waals surface area contributed by atoms with E-state index in [1.807, 2.05) is 38.1 Å². The zero-order chi connectivity index (χ0) is 19.4. The molecule has 6 heteroatoms. The molecule has 156 valence electrons. The van der Waals surface area contributed by atoms with Crippen LogP contribution in [0.5, 0.6) is 0 Å². The van der Waals surface area contributed by atoms with Gasteiger partial charge in [0.1, 0.15) is 0 Å². The zero-order valence-electron chi connectivity index (χ0n) is 16.9. The van der Waals surface area contributed by atoms with Crippen molar-refractivity contribution in [1.29, 1.82) is 0 Å². The van der Waals surface area contributed by atoms with Gasteiger partial charge in [0.15, 0.2) is 0 Å². The number of nitrogens with one attached hydrogen (secondary N) is 2. The molecule has 1 aromatic rings. The number of benzene rings is 1. The molecule has 3 rings (SSSR count). The van der Waals surface area contributed by atoms with E-state index < -0.39 is 0 Å². The van der Waals surface area contributed by atoms with E-state index in [1.54, 1.807) is 0 Å². The van der Waals surface area contributed by atoms with Crippen LogP contribution in [0.4, 0.5) is 5.69 Å². The maximum absolute atomic E-state index is 12.7. The SMILES string of the molecule is CC(C)CC(=O)Nc1cccc(CNC(=O)C2CC3CCCC(C2)C3N)c1.Cl. The van der Waals surface area contributed by atoms with E-state index >= 15 is 0 Å².